The van der Waals surface area contributed by atoms with Crippen LogP contribution in [0.1, 0.15) is 39.3 Å². The van der Waals surface area contributed by atoms with Gasteiger partial charge in [0.2, 0.25) is 0 Å². The van der Waals surface area contributed by atoms with Gasteiger partial charge < -0.3 is 9.88 Å². The van der Waals surface area contributed by atoms with E-state index in [4.69, 9.17) is 0 Å². The maximum Gasteiger partial charge on any atom is 0.170 e. The molecule has 1 aliphatic carbocycles. The number of allylic oxidation sites excluding steroid dienone is 1. The van der Waals surface area contributed by atoms with E-state index in [-0.39, 0.29) is 5.78 Å². The number of aryl methyl sites for hydroxylation is 1. The lowest BCUT2D eigenvalue weighted by Crippen LogP contribution is -2.10. The molecule has 2 heterocycles. The van der Waals surface area contributed by atoms with Gasteiger partial charge in [0.05, 0.1) is 16.9 Å². The molecule has 0 amide bonds. The lowest BCUT2D eigenvalue weighted by molar-refractivity contribution is 0.0995. The van der Waals surface area contributed by atoms with E-state index in [9.17, 15) is 4.79 Å². The predicted octanol–water partition coefficient (Wildman–Crippen LogP) is 3.58. The number of Topliss-reactive ketones (excluding diaryl/α,β-unsaturated/α-hetero) is 1. The number of hydrogen-bond donors (Lipinski definition) is 1. The second-order valence-corrected chi connectivity index (χ2v) is 5.63. The van der Waals surface area contributed by atoms with Crippen molar-refractivity contribution in [2.45, 2.75) is 19.8 Å². The highest BCUT2D eigenvalue weighted by atomic mass is 16.1. The summed E-state index contributed by atoms with van der Waals surface area (Å²) < 4.78 is 2.15. The molecule has 0 saturated heterocycles. The van der Waals surface area contributed by atoms with Crippen LogP contribution in [0, 0.1) is 6.92 Å². The van der Waals surface area contributed by atoms with Gasteiger partial charge in [-0.3, -0.25) is 4.79 Å². The zero-order valence-electron chi connectivity index (χ0n) is 11.7. The van der Waals surface area contributed by atoms with E-state index in [2.05, 4.69) is 41.1 Å². The lowest BCUT2D eigenvalue weighted by Gasteiger charge is -2.21. The van der Waals surface area contributed by atoms with Gasteiger partial charge in [0.1, 0.15) is 0 Å². The number of aromatic nitrogens is 1. The van der Waals surface area contributed by atoms with Gasteiger partial charge in [0, 0.05) is 31.3 Å². The molecule has 3 nitrogen and oxygen atoms in total. The van der Waals surface area contributed by atoms with Gasteiger partial charge in [-0.15, -0.1) is 0 Å². The minimum Gasteiger partial charge on any atom is -0.353 e. The van der Waals surface area contributed by atoms with Crippen LogP contribution in [-0.2, 0) is 13.5 Å². The molecule has 0 radical (unpaired) electrons. The van der Waals surface area contributed by atoms with Crippen LogP contribution in [0.2, 0.25) is 0 Å². The van der Waals surface area contributed by atoms with Crippen molar-refractivity contribution in [2.75, 3.05) is 5.32 Å². The molecular formula is C17H16N2O. The molecule has 1 aliphatic heterocycles. The maximum atomic E-state index is 12.2. The first kappa shape index (κ1) is 11.5. The highest BCUT2D eigenvalue weighted by molar-refractivity contribution is 6.08. The summed E-state index contributed by atoms with van der Waals surface area (Å²) in [6.45, 7) is 2.09. The van der Waals surface area contributed by atoms with Crippen molar-refractivity contribution in [3.8, 4) is 0 Å². The van der Waals surface area contributed by atoms with Crippen LogP contribution in [0.4, 0.5) is 11.4 Å². The minimum atomic E-state index is 0.211. The van der Waals surface area contributed by atoms with Gasteiger partial charge in [-0.25, -0.2) is 0 Å². The molecule has 4 rings (SSSR count). The lowest BCUT2D eigenvalue weighted by atomic mass is 9.96. The van der Waals surface area contributed by atoms with Gasteiger partial charge in [-0.1, -0.05) is 18.2 Å². The van der Waals surface area contributed by atoms with Crippen molar-refractivity contribution in [3.05, 3.63) is 52.4 Å². The summed E-state index contributed by atoms with van der Waals surface area (Å²) >= 11 is 0. The Morgan fingerprint density at radius 3 is 3.00 bits per heavy atom. The highest BCUT2D eigenvalue weighted by Gasteiger charge is 2.29. The Kier molecular flexibility index (Phi) is 2.22. The Balaban J connectivity index is 1.94. The zero-order valence-corrected chi connectivity index (χ0v) is 11.7. The fraction of sp³-hybridized carbons (Fsp3) is 0.235. The molecular weight excluding hydrogens is 248 g/mol. The summed E-state index contributed by atoms with van der Waals surface area (Å²) in [6, 6.07) is 6.46. The standard InChI is InChI=1S/C17H16N2O/c1-10-6-7-11-9-14-17(18-12(11)8-10)16-13(19(14)2)4-3-5-15(16)20/h3-4,6-8,18H,5,9H2,1-2H3. The van der Waals surface area contributed by atoms with E-state index >= 15 is 0 Å². The molecule has 1 aromatic heterocycles. The number of anilines is 2. The van der Waals surface area contributed by atoms with Crippen LogP contribution in [0.5, 0.6) is 0 Å². The van der Waals surface area contributed by atoms with Crippen molar-refractivity contribution in [2.24, 2.45) is 7.05 Å². The van der Waals surface area contributed by atoms with E-state index in [1.165, 1.54) is 16.8 Å². The van der Waals surface area contributed by atoms with Crippen LogP contribution in [0.15, 0.2) is 24.3 Å². The monoisotopic (exact) mass is 264 g/mol. The summed E-state index contributed by atoms with van der Waals surface area (Å²) in [4.78, 5) is 12.2. The normalized spacial score (nSPS) is 15.4. The number of carbonyl (C=O) groups excluding carboxylic acids is 1. The van der Waals surface area contributed by atoms with Crippen LogP contribution in [0.3, 0.4) is 0 Å². The molecule has 2 aliphatic rings. The van der Waals surface area contributed by atoms with Crippen molar-refractivity contribution < 1.29 is 4.79 Å². The summed E-state index contributed by atoms with van der Waals surface area (Å²) in [6.07, 6.45) is 5.40. The van der Waals surface area contributed by atoms with E-state index in [1.54, 1.807) is 0 Å². The molecule has 20 heavy (non-hydrogen) atoms. The smallest absolute Gasteiger partial charge is 0.170 e. The first-order chi connectivity index (χ1) is 9.65. The average Bonchev–Trinajstić information content (AvgIpc) is 2.71. The average molecular weight is 264 g/mol. The Labute approximate surface area is 117 Å². The van der Waals surface area contributed by atoms with Crippen molar-refractivity contribution >= 4 is 23.2 Å². The number of carbonyl (C=O) groups is 1. The molecule has 0 spiro atoms. The van der Waals surface area contributed by atoms with Crippen molar-refractivity contribution in [3.63, 3.8) is 0 Å². The second kappa shape index (κ2) is 3.85. The van der Waals surface area contributed by atoms with Crippen LogP contribution >= 0.6 is 0 Å². The Morgan fingerprint density at radius 1 is 1.30 bits per heavy atom. The van der Waals surface area contributed by atoms with Crippen molar-refractivity contribution in [1.82, 2.24) is 4.57 Å². The van der Waals surface area contributed by atoms with Crippen LogP contribution in [0.25, 0.3) is 6.08 Å². The first-order valence-corrected chi connectivity index (χ1v) is 6.93. The number of benzene rings is 1. The number of fused-ring (bicyclic) bond motifs is 4. The Bertz CT molecular complexity index is 781. The van der Waals surface area contributed by atoms with E-state index in [1.807, 2.05) is 13.1 Å². The van der Waals surface area contributed by atoms with Gasteiger partial charge >= 0.3 is 0 Å². The molecule has 2 aromatic rings. The third kappa shape index (κ3) is 1.43. The molecule has 1 aromatic carbocycles. The SMILES string of the molecule is Cc1ccc2c(c1)Nc1c3c(n(C)c1C2)C=CCC3=O. The molecule has 0 unspecified atom stereocenters. The molecule has 1 N–H and O–H groups in total. The largest absolute Gasteiger partial charge is 0.353 e. The van der Waals surface area contributed by atoms with E-state index in [0.717, 1.165) is 29.1 Å². The third-order valence-corrected chi connectivity index (χ3v) is 4.30. The Morgan fingerprint density at radius 2 is 2.15 bits per heavy atom. The number of nitrogens with one attached hydrogen (secondary N) is 1. The molecule has 0 fully saturated rings. The van der Waals surface area contributed by atoms with Crippen LogP contribution in [-0.4, -0.2) is 10.4 Å². The summed E-state index contributed by atoms with van der Waals surface area (Å²) in [7, 11) is 2.04. The van der Waals surface area contributed by atoms with Gasteiger partial charge in [-0.05, 0) is 30.2 Å². The first-order valence-electron chi connectivity index (χ1n) is 6.93. The number of nitrogens with zero attached hydrogens (tertiary/aromatic N) is 1. The van der Waals surface area contributed by atoms with Crippen LogP contribution < -0.4 is 5.32 Å². The minimum absolute atomic E-state index is 0.211. The maximum absolute atomic E-state index is 12.2. The van der Waals surface area contributed by atoms with Gasteiger partial charge in [-0.2, -0.15) is 0 Å². The molecule has 0 saturated carbocycles. The Hall–Kier alpha value is -2.29. The number of hydrogen-bond acceptors (Lipinski definition) is 2. The van der Waals surface area contributed by atoms with Gasteiger partial charge in [0.15, 0.2) is 5.78 Å². The summed E-state index contributed by atoms with van der Waals surface area (Å²) in [5, 5.41) is 3.49. The topological polar surface area (TPSA) is 34.0 Å². The van der Waals surface area contributed by atoms with Gasteiger partial charge in [0.25, 0.3) is 0 Å². The molecule has 100 valence electrons. The quantitative estimate of drug-likeness (QED) is 0.673. The molecule has 3 heteroatoms. The fourth-order valence-corrected chi connectivity index (χ4v) is 3.23. The third-order valence-electron chi connectivity index (χ3n) is 4.30. The number of rotatable bonds is 0. The molecule has 0 atom stereocenters. The zero-order chi connectivity index (χ0) is 13.9. The fourth-order valence-electron chi connectivity index (χ4n) is 3.23. The summed E-state index contributed by atoms with van der Waals surface area (Å²) in [5.74, 6) is 0.211. The summed E-state index contributed by atoms with van der Waals surface area (Å²) in [5.41, 5.74) is 7.75. The highest BCUT2D eigenvalue weighted by Crippen LogP contribution is 2.40. The van der Waals surface area contributed by atoms with E-state index < -0.39 is 0 Å². The van der Waals surface area contributed by atoms with Crippen molar-refractivity contribution in [1.29, 1.82) is 0 Å². The number of ketones is 1. The second-order valence-electron chi connectivity index (χ2n) is 5.63. The van der Waals surface area contributed by atoms with E-state index in [0.29, 0.717) is 6.42 Å². The molecule has 0 bridgehead atoms. The predicted molar refractivity (Wildman–Crippen MR) is 80.7 cm³/mol.